The minimum atomic E-state index is -0.885. The molecule has 0 aromatic rings. The molecule has 0 radical (unpaired) electrons. The first kappa shape index (κ1) is 13.4. The van der Waals surface area contributed by atoms with Crippen LogP contribution >= 0.6 is 0 Å². The quantitative estimate of drug-likeness (QED) is 0.490. The number of rotatable bonds is 3. The highest BCUT2D eigenvalue weighted by Gasteiger charge is 2.23. The highest BCUT2D eigenvalue weighted by atomic mass is 16.5. The third-order valence-corrected chi connectivity index (χ3v) is 2.66. The Hall–Kier alpha value is -1.63. The van der Waals surface area contributed by atoms with Crippen molar-refractivity contribution in [2.24, 2.45) is 10.9 Å². The zero-order chi connectivity index (χ0) is 12.8. The van der Waals surface area contributed by atoms with E-state index in [2.05, 4.69) is 5.16 Å². The summed E-state index contributed by atoms with van der Waals surface area (Å²) in [6.07, 6.45) is 1.94. The molecule has 1 aliphatic rings. The maximum Gasteiger partial charge on any atom is 0.318 e. The second kappa shape index (κ2) is 6.19. The van der Waals surface area contributed by atoms with Gasteiger partial charge in [-0.1, -0.05) is 5.16 Å². The fraction of sp³-hybridized carbons (Fsp3) is 0.700. The van der Waals surface area contributed by atoms with E-state index >= 15 is 0 Å². The lowest BCUT2D eigenvalue weighted by molar-refractivity contribution is -0.134. The molecular formula is C10H17N3O4. The van der Waals surface area contributed by atoms with Gasteiger partial charge in [-0.05, 0) is 32.6 Å². The number of oxime groups is 1. The van der Waals surface area contributed by atoms with Gasteiger partial charge >= 0.3 is 6.03 Å². The van der Waals surface area contributed by atoms with Gasteiger partial charge in [-0.3, -0.25) is 10.1 Å². The van der Waals surface area contributed by atoms with Crippen LogP contribution in [0, 0.1) is 0 Å². The number of nitrogens with one attached hydrogen (secondary N) is 1. The summed E-state index contributed by atoms with van der Waals surface area (Å²) in [5, 5.41) is 13.7. The minimum Gasteiger partial charge on any atom is -0.411 e. The van der Waals surface area contributed by atoms with E-state index in [0.717, 1.165) is 5.71 Å². The van der Waals surface area contributed by atoms with E-state index in [-0.39, 0.29) is 6.10 Å². The van der Waals surface area contributed by atoms with Crippen LogP contribution < -0.4 is 11.1 Å². The largest absolute Gasteiger partial charge is 0.411 e. The summed E-state index contributed by atoms with van der Waals surface area (Å²) in [7, 11) is 0. The third kappa shape index (κ3) is 4.39. The smallest absolute Gasteiger partial charge is 0.318 e. The molecule has 0 aliphatic heterocycles. The molecule has 0 aromatic carbocycles. The van der Waals surface area contributed by atoms with Crippen molar-refractivity contribution in [2.75, 3.05) is 0 Å². The van der Waals surface area contributed by atoms with Gasteiger partial charge in [-0.2, -0.15) is 0 Å². The van der Waals surface area contributed by atoms with Gasteiger partial charge in [-0.25, -0.2) is 4.79 Å². The van der Waals surface area contributed by atoms with Crippen LogP contribution in [0.2, 0.25) is 0 Å². The van der Waals surface area contributed by atoms with E-state index in [1.807, 2.05) is 5.32 Å². The lowest BCUT2D eigenvalue weighted by Gasteiger charge is -2.25. The van der Waals surface area contributed by atoms with Crippen LogP contribution in [-0.2, 0) is 9.53 Å². The molecule has 0 spiro atoms. The molecule has 1 aliphatic carbocycles. The highest BCUT2D eigenvalue weighted by Crippen LogP contribution is 2.20. The molecule has 7 nitrogen and oxygen atoms in total. The first-order chi connectivity index (χ1) is 8.02. The lowest BCUT2D eigenvalue weighted by atomic mass is 9.96. The number of hydrogen-bond donors (Lipinski definition) is 3. The summed E-state index contributed by atoms with van der Waals surface area (Å²) in [6.45, 7) is 1.56. The van der Waals surface area contributed by atoms with Gasteiger partial charge in [0, 0.05) is 0 Å². The second-order valence-electron chi connectivity index (χ2n) is 4.00. The van der Waals surface area contributed by atoms with Crippen LogP contribution in [0.3, 0.4) is 0 Å². The summed E-state index contributed by atoms with van der Waals surface area (Å²) < 4.78 is 5.49. The van der Waals surface area contributed by atoms with Crippen molar-refractivity contribution in [2.45, 2.75) is 44.8 Å². The number of ether oxygens (including phenoxy) is 1. The molecule has 1 rings (SSSR count). The fourth-order valence-electron chi connectivity index (χ4n) is 1.73. The first-order valence-electron chi connectivity index (χ1n) is 5.48. The maximum absolute atomic E-state index is 11.3. The fourth-order valence-corrected chi connectivity index (χ4v) is 1.73. The summed E-state index contributed by atoms with van der Waals surface area (Å²) in [6, 6.07) is -0.885. The number of amides is 3. The summed E-state index contributed by atoms with van der Waals surface area (Å²) in [5.74, 6) is -0.542. The van der Waals surface area contributed by atoms with Gasteiger partial charge in [-0.15, -0.1) is 0 Å². The van der Waals surface area contributed by atoms with E-state index in [0.29, 0.717) is 25.7 Å². The topological polar surface area (TPSA) is 114 Å². The van der Waals surface area contributed by atoms with Gasteiger partial charge in [0.1, 0.15) is 6.10 Å². The number of imide groups is 1. The van der Waals surface area contributed by atoms with Crippen LogP contribution in [0.4, 0.5) is 4.79 Å². The van der Waals surface area contributed by atoms with Crippen molar-refractivity contribution >= 4 is 17.6 Å². The molecule has 4 N–H and O–H groups in total. The summed E-state index contributed by atoms with van der Waals surface area (Å²) >= 11 is 0. The summed E-state index contributed by atoms with van der Waals surface area (Å²) in [4.78, 5) is 21.8. The molecule has 0 heterocycles. The van der Waals surface area contributed by atoms with Gasteiger partial charge in [0.2, 0.25) is 0 Å². The molecule has 1 saturated carbocycles. The van der Waals surface area contributed by atoms with Crippen LogP contribution in [-0.4, -0.2) is 35.1 Å². The highest BCUT2D eigenvalue weighted by molar-refractivity contribution is 5.95. The Balaban J connectivity index is 2.34. The van der Waals surface area contributed by atoms with Gasteiger partial charge < -0.3 is 15.7 Å². The van der Waals surface area contributed by atoms with Crippen molar-refractivity contribution in [3.05, 3.63) is 0 Å². The van der Waals surface area contributed by atoms with Crippen LogP contribution in [0.15, 0.2) is 5.16 Å². The molecule has 7 heteroatoms. The van der Waals surface area contributed by atoms with E-state index in [4.69, 9.17) is 15.7 Å². The number of carbonyl (C=O) groups excluding carboxylic acids is 2. The molecule has 0 saturated heterocycles. The Bertz CT molecular complexity index is 320. The number of primary amides is 1. The number of nitrogens with zero attached hydrogens (tertiary/aromatic N) is 1. The Morgan fingerprint density at radius 2 is 2.12 bits per heavy atom. The molecule has 1 fully saturated rings. The molecule has 0 aromatic heterocycles. The van der Waals surface area contributed by atoms with Crippen molar-refractivity contribution in [1.29, 1.82) is 0 Å². The van der Waals surface area contributed by atoms with Crippen molar-refractivity contribution in [1.82, 2.24) is 5.32 Å². The van der Waals surface area contributed by atoms with E-state index in [9.17, 15) is 9.59 Å². The molecule has 0 bridgehead atoms. The van der Waals surface area contributed by atoms with E-state index in [1.54, 1.807) is 6.92 Å². The maximum atomic E-state index is 11.3. The lowest BCUT2D eigenvalue weighted by Crippen LogP contribution is -2.43. The zero-order valence-corrected chi connectivity index (χ0v) is 9.68. The monoisotopic (exact) mass is 243 g/mol. The Kier molecular flexibility index (Phi) is 4.89. The van der Waals surface area contributed by atoms with E-state index < -0.39 is 18.0 Å². The predicted octanol–water partition coefficient (Wildman–Crippen LogP) is 0.359. The van der Waals surface area contributed by atoms with E-state index in [1.165, 1.54) is 0 Å². The van der Waals surface area contributed by atoms with Crippen LogP contribution in [0.1, 0.15) is 32.6 Å². The van der Waals surface area contributed by atoms with Gasteiger partial charge in [0.15, 0.2) is 0 Å². The number of hydrogen-bond acceptors (Lipinski definition) is 5. The van der Waals surface area contributed by atoms with Gasteiger partial charge in [0.25, 0.3) is 5.91 Å². The minimum absolute atomic E-state index is 0.0610. The van der Waals surface area contributed by atoms with Gasteiger partial charge in [0.05, 0.1) is 11.8 Å². The Morgan fingerprint density at radius 3 is 2.59 bits per heavy atom. The van der Waals surface area contributed by atoms with Crippen LogP contribution in [0.25, 0.3) is 0 Å². The zero-order valence-electron chi connectivity index (χ0n) is 9.68. The SMILES string of the molecule is CC(OC1CCC(=NO)CC1)C(=O)NC(N)=O. The Morgan fingerprint density at radius 1 is 1.53 bits per heavy atom. The van der Waals surface area contributed by atoms with Crippen molar-refractivity contribution < 1.29 is 19.5 Å². The standard InChI is InChI=1S/C10H17N3O4/c1-6(9(14)12-10(11)15)17-8-4-2-7(13-16)3-5-8/h6,8,16H,2-5H2,1H3,(H3,11,12,14,15). The molecule has 3 amide bonds. The predicted molar refractivity (Wildman–Crippen MR) is 59.8 cm³/mol. The molecule has 96 valence electrons. The average molecular weight is 243 g/mol. The van der Waals surface area contributed by atoms with Crippen LogP contribution in [0.5, 0.6) is 0 Å². The molecule has 17 heavy (non-hydrogen) atoms. The normalized spacial score (nSPS) is 21.7. The number of carbonyl (C=O) groups is 2. The average Bonchev–Trinajstić information content (AvgIpc) is 2.29. The molecule has 1 unspecified atom stereocenters. The second-order valence-corrected chi connectivity index (χ2v) is 4.00. The van der Waals surface area contributed by atoms with Crippen molar-refractivity contribution in [3.63, 3.8) is 0 Å². The molecular weight excluding hydrogens is 226 g/mol. The molecule has 1 atom stereocenters. The first-order valence-corrected chi connectivity index (χ1v) is 5.48. The number of urea groups is 1. The summed E-state index contributed by atoms with van der Waals surface area (Å²) in [5.41, 5.74) is 5.58. The Labute approximate surface area is 99.0 Å². The third-order valence-electron chi connectivity index (χ3n) is 2.66. The van der Waals surface area contributed by atoms with Crippen molar-refractivity contribution in [3.8, 4) is 0 Å². The number of nitrogens with two attached hydrogens (primary N) is 1.